The Kier molecular flexibility index (Phi) is 5.30. The van der Waals surface area contributed by atoms with Gasteiger partial charge in [0.15, 0.2) is 0 Å². The first-order valence-corrected chi connectivity index (χ1v) is 7.46. The normalized spacial score (nSPS) is 11.9. The van der Waals surface area contributed by atoms with Crippen LogP contribution in [0.15, 0.2) is 54.9 Å². The molecule has 6 heteroatoms. The summed E-state index contributed by atoms with van der Waals surface area (Å²) in [7, 11) is 0. The van der Waals surface area contributed by atoms with E-state index in [9.17, 15) is 14.4 Å². The van der Waals surface area contributed by atoms with Crippen molar-refractivity contribution >= 4 is 17.2 Å². The fraction of sp³-hybridized carbons (Fsp3) is 0.105. The molecule has 25 heavy (non-hydrogen) atoms. The van der Waals surface area contributed by atoms with Crippen LogP contribution in [0.25, 0.3) is 11.3 Å². The number of hydrogen-bond acceptors (Lipinski definition) is 3. The molecule has 0 aliphatic carbocycles. The minimum atomic E-state index is -0.600. The monoisotopic (exact) mass is 336 g/mol. The molecule has 126 valence electrons. The summed E-state index contributed by atoms with van der Waals surface area (Å²) < 4.78 is 15.6. The SMILES string of the molecule is C=C(/C(C#N)=C\C(=C/C)n1cc(C(N)=O)cn1)c1ccc(C)cc1F. The highest BCUT2D eigenvalue weighted by atomic mass is 19.1. The number of hydrogen-bond donors (Lipinski definition) is 1. The standard InChI is InChI=1S/C19H17FN4O/c1-4-16(24-11-15(10-23-24)19(22)25)8-14(9-21)13(3)17-6-5-12(2)7-18(17)20/h4-8,10-11H,3H2,1-2H3,(H2,22,25)/b14-8-,16-4+. The van der Waals surface area contributed by atoms with Gasteiger partial charge in [-0.25, -0.2) is 9.07 Å². The molecule has 1 aromatic heterocycles. The minimum absolute atomic E-state index is 0.187. The van der Waals surface area contributed by atoms with Crippen LogP contribution in [-0.4, -0.2) is 15.7 Å². The molecular weight excluding hydrogens is 319 g/mol. The fourth-order valence-corrected chi connectivity index (χ4v) is 2.22. The number of nitrogens with zero attached hydrogens (tertiary/aromatic N) is 3. The van der Waals surface area contributed by atoms with Gasteiger partial charge in [-0.1, -0.05) is 24.8 Å². The molecule has 0 unspecified atom stereocenters. The molecule has 5 nitrogen and oxygen atoms in total. The predicted molar refractivity (Wildman–Crippen MR) is 94.6 cm³/mol. The molecule has 0 aliphatic heterocycles. The van der Waals surface area contributed by atoms with Gasteiger partial charge in [0.05, 0.1) is 29.1 Å². The van der Waals surface area contributed by atoms with Gasteiger partial charge in [-0.15, -0.1) is 0 Å². The smallest absolute Gasteiger partial charge is 0.251 e. The van der Waals surface area contributed by atoms with Crippen LogP contribution < -0.4 is 5.73 Å². The molecule has 0 saturated carbocycles. The summed E-state index contributed by atoms with van der Waals surface area (Å²) in [6.45, 7) is 7.37. The summed E-state index contributed by atoms with van der Waals surface area (Å²) in [5.41, 5.74) is 7.47. The molecule has 0 aliphatic rings. The van der Waals surface area contributed by atoms with Crippen molar-refractivity contribution < 1.29 is 9.18 Å². The average Bonchev–Trinajstić information content (AvgIpc) is 3.05. The van der Waals surface area contributed by atoms with Crippen molar-refractivity contribution in [3.05, 3.63) is 77.4 Å². The molecule has 2 N–H and O–H groups in total. The summed E-state index contributed by atoms with van der Waals surface area (Å²) >= 11 is 0. The Morgan fingerprint density at radius 1 is 1.48 bits per heavy atom. The van der Waals surface area contributed by atoms with Gasteiger partial charge in [0, 0.05) is 11.8 Å². The van der Waals surface area contributed by atoms with E-state index < -0.39 is 11.7 Å². The molecule has 0 spiro atoms. The molecular formula is C19H17FN4O. The molecule has 0 radical (unpaired) electrons. The summed E-state index contributed by atoms with van der Waals surface area (Å²) in [6, 6.07) is 6.76. The van der Waals surface area contributed by atoms with E-state index in [0.717, 1.165) is 5.56 Å². The molecule has 2 rings (SSSR count). The second-order valence-corrected chi connectivity index (χ2v) is 5.38. The third-order valence-electron chi connectivity index (χ3n) is 3.61. The van der Waals surface area contributed by atoms with Gasteiger partial charge in [0.2, 0.25) is 0 Å². The number of primary amides is 1. The Balaban J connectivity index is 2.41. The van der Waals surface area contributed by atoms with Gasteiger partial charge in [-0.05, 0) is 37.1 Å². The molecule has 1 aromatic carbocycles. The molecule has 1 heterocycles. The number of aryl methyl sites for hydroxylation is 1. The van der Waals surface area contributed by atoms with Crippen molar-refractivity contribution in [3.63, 3.8) is 0 Å². The van der Waals surface area contributed by atoms with E-state index in [1.807, 2.05) is 6.07 Å². The summed E-state index contributed by atoms with van der Waals surface area (Å²) in [5, 5.41) is 13.5. The molecule has 0 atom stereocenters. The van der Waals surface area contributed by atoms with E-state index in [1.165, 1.54) is 29.2 Å². The maximum atomic E-state index is 14.2. The summed E-state index contributed by atoms with van der Waals surface area (Å²) in [5.74, 6) is -1.04. The van der Waals surface area contributed by atoms with Crippen LogP contribution in [0.2, 0.25) is 0 Å². The van der Waals surface area contributed by atoms with E-state index in [-0.39, 0.29) is 22.3 Å². The number of allylic oxidation sites excluding steroid dienone is 5. The van der Waals surface area contributed by atoms with Crippen LogP contribution in [0.4, 0.5) is 4.39 Å². The molecule has 1 amide bonds. The summed E-state index contributed by atoms with van der Waals surface area (Å²) in [6.07, 6.45) is 6.02. The summed E-state index contributed by atoms with van der Waals surface area (Å²) in [4.78, 5) is 11.2. The first kappa shape index (κ1) is 17.9. The lowest BCUT2D eigenvalue weighted by Gasteiger charge is -2.08. The van der Waals surface area contributed by atoms with Crippen molar-refractivity contribution in [1.29, 1.82) is 5.26 Å². The van der Waals surface area contributed by atoms with E-state index in [2.05, 4.69) is 11.7 Å². The second kappa shape index (κ2) is 7.41. The maximum Gasteiger partial charge on any atom is 0.251 e. The van der Waals surface area contributed by atoms with Gasteiger partial charge in [-0.3, -0.25) is 4.79 Å². The lowest BCUT2D eigenvalue weighted by molar-refractivity contribution is 0.100. The number of carbonyl (C=O) groups is 1. The Labute approximate surface area is 145 Å². The van der Waals surface area contributed by atoms with Crippen LogP contribution in [0, 0.1) is 24.1 Å². The van der Waals surface area contributed by atoms with Crippen molar-refractivity contribution in [1.82, 2.24) is 9.78 Å². The van der Waals surface area contributed by atoms with Crippen molar-refractivity contribution in [2.24, 2.45) is 5.73 Å². The van der Waals surface area contributed by atoms with E-state index in [1.54, 1.807) is 32.1 Å². The number of rotatable bonds is 5. The van der Waals surface area contributed by atoms with Gasteiger partial charge in [0.1, 0.15) is 5.82 Å². The third kappa shape index (κ3) is 3.90. The van der Waals surface area contributed by atoms with Crippen LogP contribution in [0.3, 0.4) is 0 Å². The van der Waals surface area contributed by atoms with Crippen molar-refractivity contribution in [2.45, 2.75) is 13.8 Å². The average molecular weight is 336 g/mol. The zero-order valence-electron chi connectivity index (χ0n) is 14.0. The Bertz CT molecular complexity index is 945. The number of halogens is 1. The second-order valence-electron chi connectivity index (χ2n) is 5.38. The van der Waals surface area contributed by atoms with Gasteiger partial charge in [0.25, 0.3) is 5.91 Å². The Morgan fingerprint density at radius 2 is 2.20 bits per heavy atom. The Hall–Kier alpha value is -3.46. The fourth-order valence-electron chi connectivity index (χ4n) is 2.22. The number of nitriles is 1. The van der Waals surface area contributed by atoms with Crippen LogP contribution in [0.1, 0.15) is 28.4 Å². The lowest BCUT2D eigenvalue weighted by atomic mass is 9.98. The van der Waals surface area contributed by atoms with Gasteiger partial charge < -0.3 is 5.73 Å². The number of aromatic nitrogens is 2. The zero-order chi connectivity index (χ0) is 18.6. The van der Waals surface area contributed by atoms with Crippen LogP contribution in [0.5, 0.6) is 0 Å². The number of carbonyl (C=O) groups excluding carboxylic acids is 1. The van der Waals surface area contributed by atoms with E-state index in [0.29, 0.717) is 5.70 Å². The zero-order valence-corrected chi connectivity index (χ0v) is 14.0. The van der Waals surface area contributed by atoms with Crippen LogP contribution >= 0.6 is 0 Å². The third-order valence-corrected chi connectivity index (χ3v) is 3.61. The van der Waals surface area contributed by atoms with E-state index >= 15 is 0 Å². The number of amides is 1. The quantitative estimate of drug-likeness (QED) is 0.670. The molecule has 0 bridgehead atoms. The molecule has 0 fully saturated rings. The highest BCUT2D eigenvalue weighted by Gasteiger charge is 2.12. The first-order chi connectivity index (χ1) is 11.9. The first-order valence-electron chi connectivity index (χ1n) is 7.46. The largest absolute Gasteiger partial charge is 0.366 e. The van der Waals surface area contributed by atoms with Gasteiger partial charge >= 0.3 is 0 Å². The maximum absolute atomic E-state index is 14.2. The topological polar surface area (TPSA) is 84.7 Å². The minimum Gasteiger partial charge on any atom is -0.366 e. The lowest BCUT2D eigenvalue weighted by Crippen LogP contribution is -2.09. The highest BCUT2D eigenvalue weighted by molar-refractivity contribution is 5.92. The van der Waals surface area contributed by atoms with Crippen molar-refractivity contribution in [3.8, 4) is 6.07 Å². The van der Waals surface area contributed by atoms with E-state index in [4.69, 9.17) is 5.73 Å². The Morgan fingerprint density at radius 3 is 2.72 bits per heavy atom. The highest BCUT2D eigenvalue weighted by Crippen LogP contribution is 2.26. The van der Waals surface area contributed by atoms with Gasteiger partial charge in [-0.2, -0.15) is 10.4 Å². The van der Waals surface area contributed by atoms with Crippen LogP contribution in [-0.2, 0) is 0 Å². The van der Waals surface area contributed by atoms with Crippen molar-refractivity contribution in [2.75, 3.05) is 0 Å². The molecule has 0 saturated heterocycles. The predicted octanol–water partition coefficient (Wildman–Crippen LogP) is 3.45. The number of benzene rings is 1. The molecule has 2 aromatic rings. The number of nitrogens with two attached hydrogens (primary N) is 1.